The Kier molecular flexibility index (Phi) is 6.01. The second-order valence-electron chi connectivity index (χ2n) is 5.10. The molecule has 1 amide bonds. The number of carboxylic acid groups (broad SMARTS) is 1. The Hall–Kier alpha value is -1.56. The van der Waals surface area contributed by atoms with Crippen LogP contribution < -0.4 is 11.1 Å². The number of anilines is 1. The van der Waals surface area contributed by atoms with Crippen LogP contribution in [0.15, 0.2) is 22.7 Å². The molecule has 0 radical (unpaired) electrons. The van der Waals surface area contributed by atoms with Crippen molar-refractivity contribution in [1.29, 1.82) is 0 Å². The Balaban J connectivity index is 2.71. The summed E-state index contributed by atoms with van der Waals surface area (Å²) in [5.74, 6) is -1.43. The third kappa shape index (κ3) is 4.85. The van der Waals surface area contributed by atoms with Crippen LogP contribution in [0.3, 0.4) is 0 Å². The standard InChI is InChI=1S/C14H19BrN2O3/c1-8(2)5-9(14(19)20)7-17-10-3-4-11(13(16)18)12(15)6-10/h3-4,6,8-9,17H,5,7H2,1-2H3,(H2,16,18)(H,19,20). The summed E-state index contributed by atoms with van der Waals surface area (Å²) in [7, 11) is 0. The van der Waals surface area contributed by atoms with Gasteiger partial charge in [-0.15, -0.1) is 0 Å². The first kappa shape index (κ1) is 16.5. The Morgan fingerprint density at radius 1 is 1.40 bits per heavy atom. The fraction of sp³-hybridized carbons (Fsp3) is 0.429. The van der Waals surface area contributed by atoms with Crippen molar-refractivity contribution in [2.45, 2.75) is 20.3 Å². The van der Waals surface area contributed by atoms with Gasteiger partial charge in [0, 0.05) is 16.7 Å². The van der Waals surface area contributed by atoms with Gasteiger partial charge in [-0.2, -0.15) is 0 Å². The first-order valence-electron chi connectivity index (χ1n) is 6.37. The zero-order chi connectivity index (χ0) is 15.3. The highest BCUT2D eigenvalue weighted by Crippen LogP contribution is 2.22. The monoisotopic (exact) mass is 342 g/mol. The van der Waals surface area contributed by atoms with E-state index in [2.05, 4.69) is 21.2 Å². The molecule has 0 fully saturated rings. The van der Waals surface area contributed by atoms with Gasteiger partial charge in [0.1, 0.15) is 0 Å². The summed E-state index contributed by atoms with van der Waals surface area (Å²) in [6, 6.07) is 5.03. The molecule has 0 heterocycles. The first-order valence-corrected chi connectivity index (χ1v) is 7.16. The zero-order valence-corrected chi connectivity index (χ0v) is 13.1. The lowest BCUT2D eigenvalue weighted by atomic mass is 9.97. The number of halogens is 1. The minimum absolute atomic E-state index is 0.321. The van der Waals surface area contributed by atoms with Gasteiger partial charge in [0.2, 0.25) is 5.91 Å². The number of nitrogens with two attached hydrogens (primary N) is 1. The highest BCUT2D eigenvalue weighted by molar-refractivity contribution is 9.10. The van der Waals surface area contributed by atoms with Crippen LogP contribution >= 0.6 is 15.9 Å². The van der Waals surface area contributed by atoms with Crippen LogP contribution in [0.5, 0.6) is 0 Å². The van der Waals surface area contributed by atoms with Crippen molar-refractivity contribution >= 4 is 33.5 Å². The van der Waals surface area contributed by atoms with E-state index in [1.54, 1.807) is 18.2 Å². The summed E-state index contributed by atoms with van der Waals surface area (Å²) in [4.78, 5) is 22.3. The predicted octanol–water partition coefficient (Wildman–Crippen LogP) is 2.71. The molecule has 0 saturated heterocycles. The van der Waals surface area contributed by atoms with Crippen LogP contribution in [0.25, 0.3) is 0 Å². The molecule has 20 heavy (non-hydrogen) atoms. The number of hydrogen-bond donors (Lipinski definition) is 3. The lowest BCUT2D eigenvalue weighted by Gasteiger charge is -2.16. The molecule has 110 valence electrons. The molecule has 1 atom stereocenters. The molecule has 0 aliphatic carbocycles. The van der Waals surface area contributed by atoms with Gasteiger partial charge in [-0.05, 0) is 46.5 Å². The second-order valence-corrected chi connectivity index (χ2v) is 5.96. The van der Waals surface area contributed by atoms with E-state index in [1.165, 1.54) is 0 Å². The summed E-state index contributed by atoms with van der Waals surface area (Å²) in [5.41, 5.74) is 6.36. The summed E-state index contributed by atoms with van der Waals surface area (Å²) >= 11 is 3.27. The minimum atomic E-state index is -0.806. The molecule has 6 heteroatoms. The molecule has 5 nitrogen and oxygen atoms in total. The molecule has 1 unspecified atom stereocenters. The molecule has 4 N–H and O–H groups in total. The van der Waals surface area contributed by atoms with Gasteiger partial charge in [-0.1, -0.05) is 13.8 Å². The molecule has 0 bridgehead atoms. The summed E-state index contributed by atoms with van der Waals surface area (Å²) in [6.45, 7) is 4.33. The highest BCUT2D eigenvalue weighted by atomic mass is 79.9. The number of carbonyl (C=O) groups is 2. The maximum Gasteiger partial charge on any atom is 0.308 e. The van der Waals surface area contributed by atoms with Crippen LogP contribution in [-0.2, 0) is 4.79 Å². The summed E-state index contributed by atoms with van der Waals surface area (Å²) in [5, 5.41) is 12.2. The Morgan fingerprint density at radius 2 is 2.05 bits per heavy atom. The zero-order valence-electron chi connectivity index (χ0n) is 11.5. The van der Waals surface area contributed by atoms with Crippen molar-refractivity contribution in [3.05, 3.63) is 28.2 Å². The largest absolute Gasteiger partial charge is 0.481 e. The number of carbonyl (C=O) groups excluding carboxylic acids is 1. The fourth-order valence-electron chi connectivity index (χ4n) is 1.91. The van der Waals surface area contributed by atoms with Crippen LogP contribution in [-0.4, -0.2) is 23.5 Å². The molecular weight excluding hydrogens is 324 g/mol. The number of carboxylic acids is 1. The van der Waals surface area contributed by atoms with Gasteiger partial charge >= 0.3 is 5.97 Å². The van der Waals surface area contributed by atoms with E-state index in [4.69, 9.17) is 10.8 Å². The Morgan fingerprint density at radius 3 is 2.50 bits per heavy atom. The summed E-state index contributed by atoms with van der Waals surface area (Å²) < 4.78 is 0.589. The molecule has 1 rings (SSSR count). The van der Waals surface area contributed by atoms with E-state index < -0.39 is 17.8 Å². The van der Waals surface area contributed by atoms with Crippen LogP contribution in [0.4, 0.5) is 5.69 Å². The normalized spacial score (nSPS) is 12.2. The molecule has 0 saturated carbocycles. The van der Waals surface area contributed by atoms with Crippen molar-refractivity contribution < 1.29 is 14.7 Å². The number of nitrogens with one attached hydrogen (secondary N) is 1. The molecule has 0 spiro atoms. The van der Waals surface area contributed by atoms with E-state index in [9.17, 15) is 9.59 Å². The van der Waals surface area contributed by atoms with Gasteiger partial charge in [-0.25, -0.2) is 0 Å². The van der Waals surface area contributed by atoms with E-state index in [1.807, 2.05) is 13.8 Å². The first-order chi connectivity index (χ1) is 9.31. The third-order valence-electron chi connectivity index (χ3n) is 2.89. The number of aliphatic carboxylic acids is 1. The lowest BCUT2D eigenvalue weighted by Crippen LogP contribution is -2.24. The molecule has 0 aliphatic heterocycles. The van der Waals surface area contributed by atoms with Crippen molar-refractivity contribution in [3.8, 4) is 0 Å². The van der Waals surface area contributed by atoms with Crippen molar-refractivity contribution in [2.24, 2.45) is 17.6 Å². The van der Waals surface area contributed by atoms with E-state index in [-0.39, 0.29) is 0 Å². The number of primary amides is 1. The number of amides is 1. The molecular formula is C14H19BrN2O3. The Bertz CT molecular complexity index is 503. The average molecular weight is 343 g/mol. The lowest BCUT2D eigenvalue weighted by molar-refractivity contribution is -0.141. The van der Waals surface area contributed by atoms with E-state index in [0.717, 1.165) is 5.69 Å². The van der Waals surface area contributed by atoms with Gasteiger partial charge in [0.15, 0.2) is 0 Å². The second kappa shape index (κ2) is 7.28. The molecule has 0 aliphatic rings. The van der Waals surface area contributed by atoms with Crippen molar-refractivity contribution in [2.75, 3.05) is 11.9 Å². The Labute approximate surface area is 126 Å². The summed E-state index contributed by atoms with van der Waals surface area (Å²) in [6.07, 6.45) is 0.614. The van der Waals surface area contributed by atoms with Gasteiger partial charge in [-0.3, -0.25) is 9.59 Å². The van der Waals surface area contributed by atoms with Crippen LogP contribution in [0.2, 0.25) is 0 Å². The average Bonchev–Trinajstić information content (AvgIpc) is 2.33. The third-order valence-corrected chi connectivity index (χ3v) is 3.55. The number of rotatable bonds is 7. The molecule has 0 aromatic heterocycles. The van der Waals surface area contributed by atoms with Crippen LogP contribution in [0.1, 0.15) is 30.6 Å². The van der Waals surface area contributed by atoms with Gasteiger partial charge in [0.05, 0.1) is 11.5 Å². The number of hydrogen-bond acceptors (Lipinski definition) is 3. The predicted molar refractivity (Wildman–Crippen MR) is 81.7 cm³/mol. The van der Waals surface area contributed by atoms with E-state index in [0.29, 0.717) is 28.9 Å². The van der Waals surface area contributed by atoms with Crippen LogP contribution in [0, 0.1) is 11.8 Å². The fourth-order valence-corrected chi connectivity index (χ4v) is 2.48. The number of benzene rings is 1. The smallest absolute Gasteiger partial charge is 0.308 e. The van der Waals surface area contributed by atoms with Crippen molar-refractivity contribution in [1.82, 2.24) is 0 Å². The molecule has 1 aromatic carbocycles. The minimum Gasteiger partial charge on any atom is -0.481 e. The maximum absolute atomic E-state index is 11.2. The quantitative estimate of drug-likeness (QED) is 0.710. The van der Waals surface area contributed by atoms with Gasteiger partial charge in [0.25, 0.3) is 0 Å². The SMILES string of the molecule is CC(C)CC(CNc1ccc(C(N)=O)c(Br)c1)C(=O)O. The van der Waals surface area contributed by atoms with Crippen molar-refractivity contribution in [3.63, 3.8) is 0 Å². The van der Waals surface area contributed by atoms with E-state index >= 15 is 0 Å². The van der Waals surface area contributed by atoms with Gasteiger partial charge < -0.3 is 16.2 Å². The maximum atomic E-state index is 11.2. The highest BCUT2D eigenvalue weighted by Gasteiger charge is 2.18. The topological polar surface area (TPSA) is 92.4 Å². The molecule has 1 aromatic rings.